The average Bonchev–Trinajstić information content (AvgIpc) is 2.85. The number of carbonyl (C=O) groups excluding carboxylic acids is 2. The number of furan rings is 1. The Balaban J connectivity index is 1.87. The molecule has 0 bridgehead atoms. The van der Waals surface area contributed by atoms with Crippen molar-refractivity contribution in [3.05, 3.63) is 51.3 Å². The highest BCUT2D eigenvalue weighted by molar-refractivity contribution is 9.10. The van der Waals surface area contributed by atoms with Crippen LogP contribution in [0.2, 0.25) is 0 Å². The van der Waals surface area contributed by atoms with Crippen molar-refractivity contribution in [3.63, 3.8) is 0 Å². The third-order valence-electron chi connectivity index (χ3n) is 2.26. The third kappa shape index (κ3) is 3.94. The van der Waals surface area contributed by atoms with E-state index < -0.39 is 18.5 Å². The summed E-state index contributed by atoms with van der Waals surface area (Å²) >= 11 is 6.38. The lowest BCUT2D eigenvalue weighted by molar-refractivity contribution is -0.119. The van der Waals surface area contributed by atoms with Gasteiger partial charge in [0.15, 0.2) is 11.3 Å². The maximum absolute atomic E-state index is 11.7. The number of hydrogen-bond donors (Lipinski definition) is 1. The first-order chi connectivity index (χ1) is 9.56. The van der Waals surface area contributed by atoms with Crippen molar-refractivity contribution < 1.29 is 18.7 Å². The van der Waals surface area contributed by atoms with Crippen LogP contribution >= 0.6 is 31.9 Å². The first-order valence-corrected chi connectivity index (χ1v) is 7.11. The zero-order valence-electron chi connectivity index (χ0n) is 10.1. The highest BCUT2D eigenvalue weighted by Gasteiger charge is 2.14. The molecule has 0 unspecified atom stereocenters. The van der Waals surface area contributed by atoms with E-state index in [9.17, 15) is 9.59 Å². The van der Waals surface area contributed by atoms with Gasteiger partial charge in [-0.2, -0.15) is 0 Å². The molecule has 104 valence electrons. The van der Waals surface area contributed by atoms with Gasteiger partial charge >= 0.3 is 5.97 Å². The molecule has 0 saturated carbocycles. The smallest absolute Gasteiger partial charge is 0.374 e. The maximum Gasteiger partial charge on any atom is 0.374 e. The van der Waals surface area contributed by atoms with E-state index in [1.54, 1.807) is 24.3 Å². The van der Waals surface area contributed by atoms with Gasteiger partial charge in [-0.3, -0.25) is 4.79 Å². The first-order valence-electron chi connectivity index (χ1n) is 5.53. The molecule has 20 heavy (non-hydrogen) atoms. The highest BCUT2D eigenvalue weighted by Crippen LogP contribution is 2.21. The number of amides is 1. The molecule has 1 aromatic heterocycles. The van der Waals surface area contributed by atoms with E-state index >= 15 is 0 Å². The predicted molar refractivity (Wildman–Crippen MR) is 79.5 cm³/mol. The molecule has 5 nitrogen and oxygen atoms in total. The minimum absolute atomic E-state index is 0.0329. The Morgan fingerprint density at radius 2 is 1.90 bits per heavy atom. The number of carbonyl (C=O) groups is 2. The van der Waals surface area contributed by atoms with Crippen molar-refractivity contribution in [1.29, 1.82) is 0 Å². The van der Waals surface area contributed by atoms with E-state index in [1.165, 1.54) is 6.07 Å². The lowest BCUT2D eigenvalue weighted by Gasteiger charge is -2.07. The molecule has 0 spiro atoms. The van der Waals surface area contributed by atoms with Crippen molar-refractivity contribution in [1.82, 2.24) is 0 Å². The molecular weight excluding hydrogens is 394 g/mol. The van der Waals surface area contributed by atoms with Gasteiger partial charge in [0.2, 0.25) is 5.76 Å². The number of esters is 1. The first kappa shape index (κ1) is 14.8. The monoisotopic (exact) mass is 401 g/mol. The van der Waals surface area contributed by atoms with Crippen LogP contribution in [0.4, 0.5) is 5.69 Å². The molecule has 1 heterocycles. The quantitative estimate of drug-likeness (QED) is 0.793. The number of ether oxygens (including phenoxy) is 1. The van der Waals surface area contributed by atoms with Gasteiger partial charge in [0, 0.05) is 4.47 Å². The Labute approximate surface area is 131 Å². The van der Waals surface area contributed by atoms with Gasteiger partial charge in [-0.05, 0) is 56.1 Å². The summed E-state index contributed by atoms with van der Waals surface area (Å²) in [5.74, 6) is -1.10. The molecule has 2 aromatic rings. The number of rotatable bonds is 4. The molecule has 1 N–H and O–H groups in total. The van der Waals surface area contributed by atoms with E-state index in [0.717, 1.165) is 4.47 Å². The summed E-state index contributed by atoms with van der Waals surface area (Å²) < 4.78 is 11.0. The fourth-order valence-electron chi connectivity index (χ4n) is 1.38. The van der Waals surface area contributed by atoms with E-state index in [-0.39, 0.29) is 5.76 Å². The zero-order chi connectivity index (χ0) is 14.5. The molecule has 7 heteroatoms. The van der Waals surface area contributed by atoms with Gasteiger partial charge < -0.3 is 14.5 Å². The second-order valence-corrected chi connectivity index (χ2v) is 5.34. The van der Waals surface area contributed by atoms with E-state index in [0.29, 0.717) is 10.4 Å². The molecule has 0 aliphatic rings. The summed E-state index contributed by atoms with van der Waals surface area (Å²) in [6.07, 6.45) is 0. The topological polar surface area (TPSA) is 68.5 Å². The van der Waals surface area contributed by atoms with Gasteiger partial charge in [-0.25, -0.2) is 4.79 Å². The number of hydrogen-bond acceptors (Lipinski definition) is 4. The minimum atomic E-state index is -0.696. The van der Waals surface area contributed by atoms with Crippen LogP contribution in [0.25, 0.3) is 0 Å². The van der Waals surface area contributed by atoms with E-state index in [1.807, 2.05) is 6.07 Å². The van der Waals surface area contributed by atoms with Gasteiger partial charge in [-0.15, -0.1) is 0 Å². The molecule has 0 radical (unpaired) electrons. The predicted octanol–water partition coefficient (Wildman–Crippen LogP) is 3.60. The molecule has 0 aliphatic heterocycles. The lowest BCUT2D eigenvalue weighted by atomic mass is 10.3. The summed E-state index contributed by atoms with van der Waals surface area (Å²) in [6, 6.07) is 10.2. The SMILES string of the molecule is O=C(COC(=O)c1ccc(Br)o1)Nc1ccccc1Br. The average molecular weight is 403 g/mol. The van der Waals surface area contributed by atoms with Crippen molar-refractivity contribution >= 4 is 49.4 Å². The molecule has 1 amide bonds. The molecule has 0 fully saturated rings. The van der Waals surface area contributed by atoms with Crippen LogP contribution in [0.15, 0.2) is 50.0 Å². The minimum Gasteiger partial charge on any atom is -0.450 e. The van der Waals surface area contributed by atoms with E-state index in [4.69, 9.17) is 9.15 Å². The van der Waals surface area contributed by atoms with Crippen LogP contribution in [0.1, 0.15) is 10.6 Å². The Hall–Kier alpha value is -1.60. The van der Waals surface area contributed by atoms with E-state index in [2.05, 4.69) is 37.2 Å². The Bertz CT molecular complexity index is 639. The number of anilines is 1. The van der Waals surface area contributed by atoms with Crippen molar-refractivity contribution in [2.45, 2.75) is 0 Å². The van der Waals surface area contributed by atoms with Gasteiger partial charge in [-0.1, -0.05) is 12.1 Å². The largest absolute Gasteiger partial charge is 0.450 e. The number of para-hydroxylation sites is 1. The van der Waals surface area contributed by atoms with Crippen LogP contribution in [0.5, 0.6) is 0 Å². The third-order valence-corrected chi connectivity index (χ3v) is 3.37. The van der Waals surface area contributed by atoms with Crippen molar-refractivity contribution in [3.8, 4) is 0 Å². The molecule has 0 aliphatic carbocycles. The Morgan fingerprint density at radius 3 is 2.55 bits per heavy atom. The van der Waals surface area contributed by atoms with Crippen LogP contribution in [0, 0.1) is 0 Å². The lowest BCUT2D eigenvalue weighted by Crippen LogP contribution is -2.20. The van der Waals surface area contributed by atoms with Crippen molar-refractivity contribution in [2.75, 3.05) is 11.9 Å². The molecule has 1 aromatic carbocycles. The van der Waals surface area contributed by atoms with Gasteiger partial charge in [0.1, 0.15) is 0 Å². The van der Waals surface area contributed by atoms with Crippen LogP contribution in [-0.4, -0.2) is 18.5 Å². The number of halogens is 2. The van der Waals surface area contributed by atoms with Crippen LogP contribution < -0.4 is 5.32 Å². The molecule has 2 rings (SSSR count). The number of nitrogens with one attached hydrogen (secondary N) is 1. The van der Waals surface area contributed by atoms with Crippen molar-refractivity contribution in [2.24, 2.45) is 0 Å². The molecule has 0 atom stereocenters. The maximum atomic E-state index is 11.7. The zero-order valence-corrected chi connectivity index (χ0v) is 13.2. The Morgan fingerprint density at radius 1 is 1.15 bits per heavy atom. The Kier molecular flexibility index (Phi) is 4.97. The summed E-state index contributed by atoms with van der Waals surface area (Å²) in [7, 11) is 0. The number of benzene rings is 1. The second-order valence-electron chi connectivity index (χ2n) is 3.71. The fraction of sp³-hybridized carbons (Fsp3) is 0.0769. The molecular formula is C13H9Br2NO4. The summed E-state index contributed by atoms with van der Waals surface area (Å²) in [5.41, 5.74) is 0.606. The highest BCUT2D eigenvalue weighted by atomic mass is 79.9. The summed E-state index contributed by atoms with van der Waals surface area (Å²) in [5, 5.41) is 2.62. The van der Waals surface area contributed by atoms with Gasteiger partial charge in [0.05, 0.1) is 5.69 Å². The normalized spacial score (nSPS) is 10.1. The standard InChI is InChI=1S/C13H9Br2NO4/c14-8-3-1-2-4-9(8)16-12(17)7-19-13(18)10-5-6-11(15)20-10/h1-6H,7H2,(H,16,17). The molecule has 0 saturated heterocycles. The second kappa shape index (κ2) is 6.71. The van der Waals surface area contributed by atoms with Crippen LogP contribution in [-0.2, 0) is 9.53 Å². The van der Waals surface area contributed by atoms with Gasteiger partial charge in [0.25, 0.3) is 5.91 Å². The summed E-state index contributed by atoms with van der Waals surface area (Å²) in [6.45, 7) is -0.390. The summed E-state index contributed by atoms with van der Waals surface area (Å²) in [4.78, 5) is 23.2. The fourth-order valence-corrected chi connectivity index (χ4v) is 2.07. The van der Waals surface area contributed by atoms with Crippen LogP contribution in [0.3, 0.4) is 0 Å².